The maximum absolute atomic E-state index is 12.3. The van der Waals surface area contributed by atoms with Crippen LogP contribution in [0.5, 0.6) is 11.6 Å². The first kappa shape index (κ1) is 17.8. The molecule has 2 aromatic carbocycles. The number of aliphatic imine (C=N–C) groups is 1. The Morgan fingerprint density at radius 2 is 2.00 bits per heavy atom. The van der Waals surface area contributed by atoms with Crippen molar-refractivity contribution in [3.05, 3.63) is 79.5 Å². The van der Waals surface area contributed by atoms with E-state index in [1.54, 1.807) is 18.3 Å². The van der Waals surface area contributed by atoms with Gasteiger partial charge in [-0.2, -0.15) is 0 Å². The number of para-hydroxylation sites is 1. The standard InChI is InChI=1S/C20H14ClN3O4/c1-28-17-7-6-12(9-15(17)21)24-19(26)14(18(25)23-20(24)27)8-11-10-22-16-5-3-2-4-13(11)16/h2-10,26H,1H3,(H,23,25,27)/b11-8-. The molecule has 0 unspecified atom stereocenters. The Labute approximate surface area is 163 Å². The van der Waals surface area contributed by atoms with Gasteiger partial charge in [-0.1, -0.05) is 29.8 Å². The molecule has 0 aliphatic carbocycles. The first-order valence-electron chi connectivity index (χ1n) is 8.27. The van der Waals surface area contributed by atoms with Gasteiger partial charge in [0.1, 0.15) is 11.3 Å². The van der Waals surface area contributed by atoms with Crippen LogP contribution in [-0.4, -0.2) is 28.0 Å². The predicted octanol–water partition coefficient (Wildman–Crippen LogP) is 3.15. The van der Waals surface area contributed by atoms with Crippen LogP contribution in [-0.2, 0) is 0 Å². The third-order valence-corrected chi connectivity index (χ3v) is 4.67. The van der Waals surface area contributed by atoms with Crippen molar-refractivity contribution in [2.24, 2.45) is 4.99 Å². The van der Waals surface area contributed by atoms with Gasteiger partial charge in [0.25, 0.3) is 5.56 Å². The van der Waals surface area contributed by atoms with E-state index in [0.29, 0.717) is 11.3 Å². The van der Waals surface area contributed by atoms with Gasteiger partial charge in [0.15, 0.2) is 0 Å². The summed E-state index contributed by atoms with van der Waals surface area (Å²) in [4.78, 5) is 31.2. The molecule has 0 saturated carbocycles. The van der Waals surface area contributed by atoms with Crippen molar-refractivity contribution in [3.8, 4) is 17.3 Å². The zero-order chi connectivity index (χ0) is 19.8. The minimum atomic E-state index is -0.786. The van der Waals surface area contributed by atoms with Crippen molar-refractivity contribution < 1.29 is 9.84 Å². The Kier molecular flexibility index (Phi) is 4.37. The molecule has 1 aliphatic rings. The fourth-order valence-electron chi connectivity index (χ4n) is 3.01. The largest absolute Gasteiger partial charge is 0.495 e. The fraction of sp³-hybridized carbons (Fsp3) is 0.0500. The third kappa shape index (κ3) is 2.91. The Balaban J connectivity index is 1.90. The minimum Gasteiger partial charge on any atom is -0.495 e. The van der Waals surface area contributed by atoms with E-state index in [4.69, 9.17) is 16.3 Å². The van der Waals surface area contributed by atoms with Gasteiger partial charge in [-0.3, -0.25) is 14.8 Å². The highest BCUT2D eigenvalue weighted by atomic mass is 35.5. The van der Waals surface area contributed by atoms with E-state index in [-0.39, 0.29) is 16.3 Å². The van der Waals surface area contributed by atoms with Gasteiger partial charge in [0.2, 0.25) is 5.88 Å². The lowest BCUT2D eigenvalue weighted by Crippen LogP contribution is -2.30. The smallest absolute Gasteiger partial charge is 0.335 e. The molecule has 0 saturated heterocycles. The van der Waals surface area contributed by atoms with Crippen LogP contribution in [0.4, 0.5) is 5.69 Å². The quantitative estimate of drug-likeness (QED) is 0.712. The van der Waals surface area contributed by atoms with Crippen molar-refractivity contribution in [1.29, 1.82) is 0 Å². The Morgan fingerprint density at radius 1 is 1.21 bits per heavy atom. The molecule has 2 heterocycles. The van der Waals surface area contributed by atoms with Crippen molar-refractivity contribution in [2.45, 2.75) is 0 Å². The van der Waals surface area contributed by atoms with E-state index < -0.39 is 17.1 Å². The molecule has 0 bridgehead atoms. The maximum Gasteiger partial charge on any atom is 0.335 e. The lowest BCUT2D eigenvalue weighted by molar-refractivity contribution is 0.414. The maximum atomic E-state index is 12.3. The third-order valence-electron chi connectivity index (χ3n) is 4.37. The molecule has 1 aromatic heterocycles. The van der Waals surface area contributed by atoms with Crippen LogP contribution in [0.3, 0.4) is 0 Å². The minimum absolute atomic E-state index is 0.0651. The van der Waals surface area contributed by atoms with Gasteiger partial charge >= 0.3 is 5.69 Å². The summed E-state index contributed by atoms with van der Waals surface area (Å²) in [6.45, 7) is 0. The Bertz CT molecular complexity index is 1270. The molecule has 1 aliphatic heterocycles. The number of fused-ring (bicyclic) bond motifs is 1. The van der Waals surface area contributed by atoms with E-state index in [2.05, 4.69) is 9.98 Å². The van der Waals surface area contributed by atoms with Crippen LogP contribution in [0.15, 0.2) is 57.0 Å². The van der Waals surface area contributed by atoms with Gasteiger partial charge in [0.05, 0.1) is 23.5 Å². The number of methoxy groups -OCH3 is 1. The molecule has 4 rings (SSSR count). The molecule has 0 amide bonds. The van der Waals surface area contributed by atoms with Crippen LogP contribution < -0.4 is 16.0 Å². The van der Waals surface area contributed by atoms with Crippen molar-refractivity contribution in [3.63, 3.8) is 0 Å². The molecule has 0 radical (unpaired) electrons. The summed E-state index contributed by atoms with van der Waals surface area (Å²) in [5.41, 5.74) is 0.963. The number of nitrogens with one attached hydrogen (secondary N) is 1. The van der Waals surface area contributed by atoms with E-state index in [9.17, 15) is 14.7 Å². The van der Waals surface area contributed by atoms with E-state index >= 15 is 0 Å². The van der Waals surface area contributed by atoms with Crippen LogP contribution >= 0.6 is 11.6 Å². The second-order valence-electron chi connectivity index (χ2n) is 6.03. The number of hydrogen-bond acceptors (Lipinski definition) is 5. The summed E-state index contributed by atoms with van der Waals surface area (Å²) in [5.74, 6) is -0.0799. The normalized spacial score (nSPS) is 13.7. The fourth-order valence-corrected chi connectivity index (χ4v) is 3.26. The summed E-state index contributed by atoms with van der Waals surface area (Å²) in [6.07, 6.45) is 3.09. The van der Waals surface area contributed by atoms with Gasteiger partial charge in [-0.05, 0) is 30.3 Å². The first-order valence-corrected chi connectivity index (χ1v) is 8.65. The SMILES string of the molecule is COc1ccc(-n2c(O)c(/C=C3/C=Nc4ccccc43)c(=O)[nH]c2=O)cc1Cl. The lowest BCUT2D eigenvalue weighted by Gasteiger charge is -2.12. The van der Waals surface area contributed by atoms with E-state index in [1.807, 2.05) is 24.3 Å². The van der Waals surface area contributed by atoms with Gasteiger partial charge in [0, 0.05) is 17.4 Å². The Morgan fingerprint density at radius 3 is 2.75 bits per heavy atom. The van der Waals surface area contributed by atoms with Crippen LogP contribution in [0.25, 0.3) is 17.3 Å². The highest BCUT2D eigenvalue weighted by Gasteiger charge is 2.18. The van der Waals surface area contributed by atoms with E-state index in [0.717, 1.165) is 15.8 Å². The van der Waals surface area contributed by atoms with Crippen molar-refractivity contribution >= 4 is 35.2 Å². The lowest BCUT2D eigenvalue weighted by atomic mass is 10.1. The van der Waals surface area contributed by atoms with Crippen molar-refractivity contribution in [2.75, 3.05) is 7.11 Å². The van der Waals surface area contributed by atoms with Gasteiger partial charge < -0.3 is 9.84 Å². The average Bonchev–Trinajstić information content (AvgIpc) is 3.08. The van der Waals surface area contributed by atoms with Gasteiger partial charge in [-0.25, -0.2) is 9.36 Å². The molecule has 3 aromatic rings. The number of hydrogen-bond donors (Lipinski definition) is 2. The second-order valence-corrected chi connectivity index (χ2v) is 6.43. The number of aromatic hydroxyl groups is 1. The topological polar surface area (TPSA) is 96.7 Å². The highest BCUT2D eigenvalue weighted by Crippen LogP contribution is 2.33. The Hall–Kier alpha value is -3.58. The second kappa shape index (κ2) is 6.86. The first-order chi connectivity index (χ1) is 13.5. The van der Waals surface area contributed by atoms with Gasteiger partial charge in [-0.15, -0.1) is 0 Å². The number of halogens is 1. The molecule has 7 nitrogen and oxygen atoms in total. The molecular formula is C20H14ClN3O4. The molecule has 28 heavy (non-hydrogen) atoms. The zero-order valence-corrected chi connectivity index (χ0v) is 15.4. The number of benzene rings is 2. The highest BCUT2D eigenvalue weighted by molar-refractivity contribution is 6.32. The molecule has 0 spiro atoms. The molecule has 8 heteroatoms. The molecular weight excluding hydrogens is 382 g/mol. The van der Waals surface area contributed by atoms with Crippen molar-refractivity contribution in [1.82, 2.24) is 9.55 Å². The monoisotopic (exact) mass is 395 g/mol. The molecule has 0 atom stereocenters. The molecule has 140 valence electrons. The summed E-state index contributed by atoms with van der Waals surface area (Å²) < 4.78 is 6.07. The molecule has 0 fully saturated rings. The number of nitrogens with zero attached hydrogens (tertiary/aromatic N) is 2. The van der Waals surface area contributed by atoms with Crippen LogP contribution in [0, 0.1) is 0 Å². The summed E-state index contributed by atoms with van der Waals surface area (Å²) in [5, 5.41) is 11.0. The van der Waals surface area contributed by atoms with E-state index in [1.165, 1.54) is 19.3 Å². The molecule has 2 N–H and O–H groups in total. The number of aromatic amines is 1. The average molecular weight is 396 g/mol. The van der Waals surface area contributed by atoms with Crippen LogP contribution in [0.2, 0.25) is 5.02 Å². The number of rotatable bonds is 3. The number of allylic oxidation sites excluding steroid dienone is 1. The summed E-state index contributed by atoms with van der Waals surface area (Å²) in [6, 6.07) is 12.0. The number of ether oxygens (including phenoxy) is 1. The summed E-state index contributed by atoms with van der Waals surface area (Å²) in [7, 11) is 1.47. The number of aromatic nitrogens is 2. The number of H-pyrrole nitrogens is 1. The van der Waals surface area contributed by atoms with Crippen LogP contribution in [0.1, 0.15) is 11.1 Å². The summed E-state index contributed by atoms with van der Waals surface area (Å²) >= 11 is 6.13. The zero-order valence-electron chi connectivity index (χ0n) is 14.6. The predicted molar refractivity (Wildman–Crippen MR) is 108 cm³/mol.